The molecule has 0 unspecified atom stereocenters. The molecule has 27 heavy (non-hydrogen) atoms. The van der Waals surface area contributed by atoms with Gasteiger partial charge in [0.2, 0.25) is 0 Å². The van der Waals surface area contributed by atoms with E-state index in [0.717, 1.165) is 13.1 Å². The Bertz CT molecular complexity index is 354. The zero-order valence-corrected chi connectivity index (χ0v) is 19.9. The van der Waals surface area contributed by atoms with Crippen molar-refractivity contribution in [1.82, 2.24) is 19.6 Å². The first-order valence-electron chi connectivity index (χ1n) is 9.12. The van der Waals surface area contributed by atoms with Gasteiger partial charge in [-0.15, -0.1) is 0 Å². The maximum Gasteiger partial charge on any atom is 2.00 e. The number of aliphatic hydroxyl groups is 2. The Hall–Kier alpha value is -0.894. The average Bonchev–Trinajstić information content (AvgIpc) is 3.04. The van der Waals surface area contributed by atoms with E-state index < -0.39 is 11.2 Å². The van der Waals surface area contributed by atoms with Crippen molar-refractivity contribution in [2.75, 3.05) is 27.2 Å². The van der Waals surface area contributed by atoms with Crippen LogP contribution in [-0.4, -0.2) is 68.2 Å². The van der Waals surface area contributed by atoms with E-state index in [-0.39, 0.29) is 16.8 Å². The first-order valence-corrected chi connectivity index (χ1v) is 9.12. The Balaban J connectivity index is -0.000000289. The Kier molecular flexibility index (Phi) is 17.2. The van der Waals surface area contributed by atoms with Gasteiger partial charge in [-0.25, -0.2) is 0 Å². The van der Waals surface area contributed by atoms with E-state index in [1.54, 1.807) is 41.5 Å². The predicted octanol–water partition coefficient (Wildman–Crippen LogP) is 3.24. The fourth-order valence-electron chi connectivity index (χ4n) is 1.38. The summed E-state index contributed by atoms with van der Waals surface area (Å²) in [6.45, 7) is 20.9. The molecule has 0 aromatic carbocycles. The van der Waals surface area contributed by atoms with Crippen molar-refractivity contribution in [3.05, 3.63) is 38.1 Å². The van der Waals surface area contributed by atoms with Crippen LogP contribution in [0.3, 0.4) is 0 Å². The van der Waals surface area contributed by atoms with Crippen LogP contribution in [0.25, 0.3) is 0 Å². The van der Waals surface area contributed by atoms with E-state index in [4.69, 9.17) is 10.2 Å². The van der Waals surface area contributed by atoms with Gasteiger partial charge < -0.3 is 29.8 Å². The fraction of sp³-hybridized carbons (Fsp3) is 0.700. The molecule has 0 aliphatic carbocycles. The van der Waals surface area contributed by atoms with Gasteiger partial charge in [-0.1, -0.05) is 13.8 Å². The molecule has 2 aliphatic heterocycles. The van der Waals surface area contributed by atoms with E-state index in [9.17, 15) is 0 Å². The van der Waals surface area contributed by atoms with E-state index in [0.29, 0.717) is 0 Å². The molecule has 0 saturated carbocycles. The molecule has 0 amide bonds. The Morgan fingerprint density at radius 2 is 0.889 bits per heavy atom. The van der Waals surface area contributed by atoms with E-state index >= 15 is 0 Å². The number of hydrogen-bond acceptors (Lipinski definition) is 6. The maximum atomic E-state index is 8.52. The summed E-state index contributed by atoms with van der Waals surface area (Å²) in [5.74, 6) is 0. The van der Waals surface area contributed by atoms with Gasteiger partial charge in [0.15, 0.2) is 0 Å². The van der Waals surface area contributed by atoms with Gasteiger partial charge in [0.25, 0.3) is 0 Å². The van der Waals surface area contributed by atoms with E-state index in [1.807, 2.05) is 36.3 Å². The molecule has 1 radical (unpaired) electrons. The minimum absolute atomic E-state index is 0. The molecule has 0 atom stereocenters. The molecule has 0 bridgehead atoms. The van der Waals surface area contributed by atoms with Gasteiger partial charge >= 0.3 is 16.8 Å². The van der Waals surface area contributed by atoms with Crippen LogP contribution in [-0.2, 0) is 16.8 Å². The van der Waals surface area contributed by atoms with Crippen molar-refractivity contribution in [2.45, 2.75) is 66.6 Å². The second-order valence-electron chi connectivity index (χ2n) is 8.16. The molecule has 2 heterocycles. The standard InChI is InChI=1S/2C6H11N2.2C4H10O.Co/c2*1-3-8-5-4-7(2)6-8;2*1-4(2,3)5;/h2*4-6H,3H2,1-2H3;2*5H,1-3H3;/q2*-1;;;+2. The predicted molar refractivity (Wildman–Crippen MR) is 111 cm³/mol. The molecular weight excluding hydrogens is 387 g/mol. The molecule has 2 aliphatic rings. The summed E-state index contributed by atoms with van der Waals surface area (Å²) in [7, 11) is 4.04. The maximum absolute atomic E-state index is 8.52. The molecule has 2 N–H and O–H groups in total. The zero-order chi connectivity index (χ0) is 21.0. The van der Waals surface area contributed by atoms with Crippen LogP contribution in [0.1, 0.15) is 55.4 Å². The molecule has 2 rings (SSSR count). The molecule has 0 aromatic heterocycles. The fourth-order valence-corrected chi connectivity index (χ4v) is 1.38. The first-order chi connectivity index (χ1) is 11.7. The zero-order valence-electron chi connectivity index (χ0n) is 18.9. The van der Waals surface area contributed by atoms with Gasteiger partial charge in [0.05, 0.1) is 11.2 Å². The third-order valence-electron chi connectivity index (χ3n) is 2.38. The minimum atomic E-state index is -0.500. The van der Waals surface area contributed by atoms with Crippen molar-refractivity contribution < 1.29 is 27.0 Å². The third-order valence-corrected chi connectivity index (χ3v) is 2.38. The second kappa shape index (κ2) is 15.1. The minimum Gasteiger partial charge on any atom is -0.511 e. The Morgan fingerprint density at radius 1 is 0.667 bits per heavy atom. The van der Waals surface area contributed by atoms with Crippen LogP contribution < -0.4 is 0 Å². The summed E-state index contributed by atoms with van der Waals surface area (Å²) in [6, 6.07) is 0. The largest absolute Gasteiger partial charge is 2.00 e. The second-order valence-corrected chi connectivity index (χ2v) is 8.16. The molecule has 6 nitrogen and oxygen atoms in total. The summed E-state index contributed by atoms with van der Waals surface area (Å²) in [5, 5.41) is 17.0. The molecule has 7 heteroatoms. The monoisotopic (exact) mass is 429 g/mol. The Morgan fingerprint density at radius 3 is 0.963 bits per heavy atom. The van der Waals surface area contributed by atoms with Crippen molar-refractivity contribution in [2.24, 2.45) is 0 Å². The molecule has 0 aromatic rings. The van der Waals surface area contributed by atoms with Crippen molar-refractivity contribution in [1.29, 1.82) is 0 Å². The van der Waals surface area contributed by atoms with Crippen LogP contribution in [0, 0.1) is 13.3 Å². The van der Waals surface area contributed by atoms with Crippen molar-refractivity contribution in [3.8, 4) is 0 Å². The quantitative estimate of drug-likeness (QED) is 0.658. The Labute approximate surface area is 178 Å². The van der Waals surface area contributed by atoms with Crippen LogP contribution in [0.2, 0.25) is 0 Å². The molecular formula is C20H42CoN4O2. The first kappa shape index (κ1) is 30.8. The molecule has 0 fully saturated rings. The third kappa shape index (κ3) is 30.1. The van der Waals surface area contributed by atoms with Crippen LogP contribution in [0.5, 0.6) is 0 Å². The summed E-state index contributed by atoms with van der Waals surface area (Å²) in [5.41, 5.74) is -1.00. The van der Waals surface area contributed by atoms with Gasteiger partial charge in [0.1, 0.15) is 0 Å². The number of nitrogens with zero attached hydrogens (tertiary/aromatic N) is 4. The molecule has 0 spiro atoms. The average molecular weight is 430 g/mol. The van der Waals surface area contributed by atoms with Gasteiger partial charge in [-0.2, -0.15) is 13.3 Å². The summed E-state index contributed by atoms with van der Waals surface area (Å²) < 4.78 is 0. The van der Waals surface area contributed by atoms with Crippen molar-refractivity contribution in [3.63, 3.8) is 0 Å². The molecule has 0 saturated heterocycles. The summed E-state index contributed by atoms with van der Waals surface area (Å²) in [6.07, 6.45) is 8.17. The van der Waals surface area contributed by atoms with Gasteiger partial charge in [-0.3, -0.25) is 0 Å². The van der Waals surface area contributed by atoms with E-state index in [2.05, 4.69) is 49.4 Å². The van der Waals surface area contributed by atoms with E-state index in [1.165, 1.54) is 0 Å². The summed E-state index contributed by atoms with van der Waals surface area (Å²) >= 11 is 0. The van der Waals surface area contributed by atoms with Crippen LogP contribution in [0.4, 0.5) is 0 Å². The number of rotatable bonds is 2. The van der Waals surface area contributed by atoms with Crippen LogP contribution >= 0.6 is 0 Å². The van der Waals surface area contributed by atoms with Gasteiger partial charge in [0, 0.05) is 0 Å². The van der Waals surface area contributed by atoms with Crippen molar-refractivity contribution >= 4 is 0 Å². The molecule has 163 valence electrons. The summed E-state index contributed by atoms with van der Waals surface area (Å²) in [4.78, 5) is 8.31. The smallest absolute Gasteiger partial charge is 0.511 e. The SMILES string of the molecule is CC(C)(C)O.CC(C)(C)O.CCN1C=CN(C)[CH-]1.CCN1C=CN(C)[CH-]1.[Co+2]. The van der Waals surface area contributed by atoms with Crippen LogP contribution in [0.15, 0.2) is 24.8 Å². The van der Waals surface area contributed by atoms with Gasteiger partial charge in [-0.05, 0) is 93.5 Å². The normalized spacial score (nSPS) is 15.3. The topological polar surface area (TPSA) is 53.4 Å². The number of hydrogen-bond donors (Lipinski definition) is 2.